The zero-order valence-electron chi connectivity index (χ0n) is 12.7. The highest BCUT2D eigenvalue weighted by Crippen LogP contribution is 2.17. The van der Waals surface area contributed by atoms with Crippen LogP contribution in [0.2, 0.25) is 0 Å². The van der Waals surface area contributed by atoms with Gasteiger partial charge in [0, 0.05) is 6.04 Å². The van der Waals surface area contributed by atoms with Crippen LogP contribution in [0.3, 0.4) is 0 Å². The Kier molecular flexibility index (Phi) is 6.72. The fourth-order valence-corrected chi connectivity index (χ4v) is 1.94. The molecule has 5 nitrogen and oxygen atoms in total. The Morgan fingerprint density at radius 3 is 2.33 bits per heavy atom. The smallest absolute Gasteiger partial charge is 0.407 e. The SMILES string of the molecule is CC(C)C(C)C(CC(=O)O)NC(=O)OCc1ccccc1. The second kappa shape index (κ2) is 8.29. The zero-order chi connectivity index (χ0) is 15.8. The van der Waals surface area contributed by atoms with Gasteiger partial charge in [0.05, 0.1) is 6.42 Å². The molecule has 0 saturated carbocycles. The van der Waals surface area contributed by atoms with Gasteiger partial charge in [0.15, 0.2) is 0 Å². The average Bonchev–Trinajstić information content (AvgIpc) is 2.44. The maximum absolute atomic E-state index is 11.8. The summed E-state index contributed by atoms with van der Waals surface area (Å²) in [7, 11) is 0. The number of hydrogen-bond donors (Lipinski definition) is 2. The predicted octanol–water partition coefficient (Wildman–Crippen LogP) is 3.05. The molecule has 0 aliphatic rings. The van der Waals surface area contributed by atoms with Crippen molar-refractivity contribution >= 4 is 12.1 Å². The number of alkyl carbamates (subject to hydrolysis) is 1. The molecule has 0 saturated heterocycles. The maximum Gasteiger partial charge on any atom is 0.407 e. The van der Waals surface area contributed by atoms with Crippen LogP contribution in [0.5, 0.6) is 0 Å². The Bertz CT molecular complexity index is 459. The lowest BCUT2D eigenvalue weighted by atomic mass is 9.88. The van der Waals surface area contributed by atoms with Gasteiger partial charge in [-0.2, -0.15) is 0 Å². The van der Waals surface area contributed by atoms with Crippen LogP contribution < -0.4 is 5.32 Å². The molecule has 0 aliphatic heterocycles. The number of carbonyl (C=O) groups is 2. The van der Waals surface area contributed by atoms with E-state index in [2.05, 4.69) is 5.32 Å². The van der Waals surface area contributed by atoms with E-state index in [1.807, 2.05) is 51.1 Å². The molecule has 2 atom stereocenters. The van der Waals surface area contributed by atoms with E-state index in [-0.39, 0.29) is 24.9 Å². The van der Waals surface area contributed by atoms with E-state index in [0.717, 1.165) is 5.56 Å². The predicted molar refractivity (Wildman–Crippen MR) is 79.8 cm³/mol. The topological polar surface area (TPSA) is 75.6 Å². The summed E-state index contributed by atoms with van der Waals surface area (Å²) in [6.45, 7) is 6.09. The van der Waals surface area contributed by atoms with E-state index in [9.17, 15) is 9.59 Å². The van der Waals surface area contributed by atoms with Crippen molar-refractivity contribution in [1.29, 1.82) is 0 Å². The van der Waals surface area contributed by atoms with Crippen molar-refractivity contribution in [2.75, 3.05) is 0 Å². The van der Waals surface area contributed by atoms with Gasteiger partial charge < -0.3 is 15.2 Å². The van der Waals surface area contributed by atoms with Gasteiger partial charge in [-0.05, 0) is 17.4 Å². The van der Waals surface area contributed by atoms with Crippen molar-refractivity contribution in [2.45, 2.75) is 39.8 Å². The van der Waals surface area contributed by atoms with Crippen LogP contribution in [0, 0.1) is 11.8 Å². The second-order valence-corrected chi connectivity index (χ2v) is 5.51. The zero-order valence-corrected chi connectivity index (χ0v) is 12.7. The average molecular weight is 293 g/mol. The summed E-state index contributed by atoms with van der Waals surface area (Å²) < 4.78 is 5.13. The van der Waals surface area contributed by atoms with Crippen LogP contribution in [0.1, 0.15) is 32.8 Å². The summed E-state index contributed by atoms with van der Waals surface area (Å²) in [6.07, 6.45) is -0.697. The summed E-state index contributed by atoms with van der Waals surface area (Å²) in [5.74, 6) is -0.620. The van der Waals surface area contributed by atoms with Crippen molar-refractivity contribution in [2.24, 2.45) is 11.8 Å². The first-order valence-corrected chi connectivity index (χ1v) is 7.09. The van der Waals surface area contributed by atoms with E-state index < -0.39 is 18.1 Å². The Balaban J connectivity index is 2.53. The fourth-order valence-electron chi connectivity index (χ4n) is 1.94. The lowest BCUT2D eigenvalue weighted by Crippen LogP contribution is -2.42. The molecule has 21 heavy (non-hydrogen) atoms. The number of ether oxygens (including phenoxy) is 1. The number of nitrogens with one attached hydrogen (secondary N) is 1. The van der Waals surface area contributed by atoms with Gasteiger partial charge in [-0.1, -0.05) is 51.1 Å². The van der Waals surface area contributed by atoms with Crippen molar-refractivity contribution in [3.63, 3.8) is 0 Å². The molecule has 0 aromatic heterocycles. The highest BCUT2D eigenvalue weighted by molar-refractivity contribution is 5.71. The monoisotopic (exact) mass is 293 g/mol. The number of rotatable bonds is 7. The van der Waals surface area contributed by atoms with Crippen LogP contribution >= 0.6 is 0 Å². The first kappa shape index (κ1) is 17.0. The molecular weight excluding hydrogens is 270 g/mol. The number of aliphatic carboxylic acids is 1. The molecule has 0 radical (unpaired) electrons. The summed E-state index contributed by atoms with van der Waals surface area (Å²) in [6, 6.07) is 8.90. The highest BCUT2D eigenvalue weighted by atomic mass is 16.5. The van der Waals surface area contributed by atoms with Crippen LogP contribution in [-0.4, -0.2) is 23.2 Å². The maximum atomic E-state index is 11.8. The summed E-state index contributed by atoms with van der Waals surface area (Å²) >= 11 is 0. The molecule has 1 aromatic rings. The number of amides is 1. The summed E-state index contributed by atoms with van der Waals surface area (Å²) in [4.78, 5) is 22.7. The minimum atomic E-state index is -0.934. The van der Waals surface area contributed by atoms with Gasteiger partial charge in [0.2, 0.25) is 0 Å². The number of carboxylic acid groups (broad SMARTS) is 1. The standard InChI is InChI=1S/C16H23NO4/c1-11(2)12(3)14(9-15(18)19)17-16(20)21-10-13-7-5-4-6-8-13/h4-8,11-12,14H,9-10H2,1-3H3,(H,17,20)(H,18,19). The summed E-state index contributed by atoms with van der Waals surface area (Å²) in [5, 5.41) is 11.6. The van der Waals surface area contributed by atoms with Crippen LogP contribution in [0.4, 0.5) is 4.79 Å². The first-order valence-electron chi connectivity index (χ1n) is 7.09. The largest absolute Gasteiger partial charge is 0.481 e. The van der Waals surface area contributed by atoms with Crippen molar-refractivity contribution in [1.82, 2.24) is 5.32 Å². The molecule has 116 valence electrons. The van der Waals surface area contributed by atoms with Gasteiger partial charge in [-0.15, -0.1) is 0 Å². The molecule has 0 heterocycles. The molecule has 1 rings (SSSR count). The van der Waals surface area contributed by atoms with Crippen molar-refractivity contribution in [3.8, 4) is 0 Å². The molecule has 2 unspecified atom stereocenters. The van der Waals surface area contributed by atoms with E-state index >= 15 is 0 Å². The van der Waals surface area contributed by atoms with Crippen molar-refractivity contribution < 1.29 is 19.4 Å². The highest BCUT2D eigenvalue weighted by Gasteiger charge is 2.25. The Hall–Kier alpha value is -2.04. The molecular formula is C16H23NO4. The second-order valence-electron chi connectivity index (χ2n) is 5.51. The third-order valence-corrected chi connectivity index (χ3v) is 3.60. The lowest BCUT2D eigenvalue weighted by molar-refractivity contribution is -0.137. The van der Waals surface area contributed by atoms with Gasteiger partial charge in [0.25, 0.3) is 0 Å². The van der Waals surface area contributed by atoms with E-state index in [1.54, 1.807) is 0 Å². The molecule has 1 amide bonds. The van der Waals surface area contributed by atoms with Gasteiger partial charge >= 0.3 is 12.1 Å². The molecule has 2 N–H and O–H groups in total. The van der Waals surface area contributed by atoms with Gasteiger partial charge in [-0.25, -0.2) is 4.79 Å². The van der Waals surface area contributed by atoms with E-state index in [1.165, 1.54) is 0 Å². The molecule has 0 bridgehead atoms. The summed E-state index contributed by atoms with van der Waals surface area (Å²) in [5.41, 5.74) is 0.888. The fraction of sp³-hybridized carbons (Fsp3) is 0.500. The minimum absolute atomic E-state index is 0.0466. The third-order valence-electron chi connectivity index (χ3n) is 3.60. The lowest BCUT2D eigenvalue weighted by Gasteiger charge is -2.26. The number of carboxylic acids is 1. The minimum Gasteiger partial charge on any atom is -0.481 e. The molecule has 0 fully saturated rings. The van der Waals surface area contributed by atoms with Gasteiger partial charge in [0.1, 0.15) is 6.61 Å². The van der Waals surface area contributed by atoms with Gasteiger partial charge in [-0.3, -0.25) is 4.79 Å². The van der Waals surface area contributed by atoms with E-state index in [4.69, 9.17) is 9.84 Å². The van der Waals surface area contributed by atoms with Crippen LogP contribution in [0.15, 0.2) is 30.3 Å². The Morgan fingerprint density at radius 2 is 1.81 bits per heavy atom. The molecule has 5 heteroatoms. The molecule has 0 spiro atoms. The molecule has 1 aromatic carbocycles. The van der Waals surface area contributed by atoms with E-state index in [0.29, 0.717) is 0 Å². The number of carbonyl (C=O) groups excluding carboxylic acids is 1. The normalized spacial score (nSPS) is 13.5. The molecule has 0 aliphatic carbocycles. The first-order chi connectivity index (χ1) is 9.90. The van der Waals surface area contributed by atoms with Crippen molar-refractivity contribution in [3.05, 3.63) is 35.9 Å². The number of hydrogen-bond acceptors (Lipinski definition) is 3. The quantitative estimate of drug-likeness (QED) is 0.810. The third kappa shape index (κ3) is 6.29. The number of benzene rings is 1. The van der Waals surface area contributed by atoms with Crippen LogP contribution in [0.25, 0.3) is 0 Å². The Labute approximate surface area is 125 Å². The van der Waals surface area contributed by atoms with Crippen LogP contribution in [-0.2, 0) is 16.1 Å². The Morgan fingerprint density at radius 1 is 1.19 bits per heavy atom.